The Balaban J connectivity index is 1.42. The molecule has 1 aromatic heterocycles. The summed E-state index contributed by atoms with van der Waals surface area (Å²) in [4.78, 5) is 2.44. The fourth-order valence-corrected chi connectivity index (χ4v) is 2.91. The first-order chi connectivity index (χ1) is 11.7. The van der Waals surface area contributed by atoms with Crippen molar-refractivity contribution in [3.63, 3.8) is 0 Å². The quantitative estimate of drug-likeness (QED) is 0.754. The Kier molecular flexibility index (Phi) is 6.18. The van der Waals surface area contributed by atoms with Crippen LogP contribution < -0.4 is 4.74 Å². The Labute approximate surface area is 148 Å². The summed E-state index contributed by atoms with van der Waals surface area (Å²) in [6.07, 6.45) is 2.06. The van der Waals surface area contributed by atoms with Crippen molar-refractivity contribution in [2.45, 2.75) is 26.4 Å². The number of aryl methyl sites for hydroxylation is 2. The normalized spacial score (nSPS) is 15.6. The van der Waals surface area contributed by atoms with E-state index in [-0.39, 0.29) is 0 Å². The number of hydrogen-bond donors (Lipinski definition) is 0. The van der Waals surface area contributed by atoms with E-state index in [1.165, 1.54) is 0 Å². The lowest BCUT2D eigenvalue weighted by Gasteiger charge is -2.26. The van der Waals surface area contributed by atoms with E-state index < -0.39 is 0 Å². The molecule has 1 fully saturated rings. The second-order valence-electron chi connectivity index (χ2n) is 6.13. The lowest BCUT2D eigenvalue weighted by atomic mass is 10.2. The smallest absolute Gasteiger partial charge is 0.146 e. The summed E-state index contributed by atoms with van der Waals surface area (Å²) in [6, 6.07) is 9.71. The van der Waals surface area contributed by atoms with Crippen molar-refractivity contribution in [2.75, 3.05) is 32.8 Å². The molecule has 130 valence electrons. The minimum Gasteiger partial charge on any atom is -0.486 e. The minimum absolute atomic E-state index is 0.435. The van der Waals surface area contributed by atoms with Crippen molar-refractivity contribution >= 4 is 11.6 Å². The Morgan fingerprint density at radius 2 is 1.92 bits per heavy atom. The topological polar surface area (TPSA) is 34.8 Å². The van der Waals surface area contributed by atoms with Crippen molar-refractivity contribution in [2.24, 2.45) is 0 Å². The molecule has 1 aliphatic rings. The van der Waals surface area contributed by atoms with E-state index in [4.69, 9.17) is 25.5 Å². The number of ether oxygens (including phenoxy) is 2. The van der Waals surface area contributed by atoms with Gasteiger partial charge < -0.3 is 13.9 Å². The molecule has 0 atom stereocenters. The summed E-state index contributed by atoms with van der Waals surface area (Å²) < 4.78 is 17.0. The molecule has 0 unspecified atom stereocenters. The van der Waals surface area contributed by atoms with Gasteiger partial charge in [0.2, 0.25) is 0 Å². The van der Waals surface area contributed by atoms with Gasteiger partial charge in [-0.25, -0.2) is 0 Å². The number of benzene rings is 1. The van der Waals surface area contributed by atoms with Crippen LogP contribution in [-0.4, -0.2) is 37.7 Å². The fraction of sp³-hybridized carbons (Fsp3) is 0.474. The first-order valence-electron chi connectivity index (χ1n) is 8.47. The number of nitrogens with zero attached hydrogens (tertiary/aromatic N) is 1. The molecule has 0 amide bonds. The van der Waals surface area contributed by atoms with Gasteiger partial charge in [0.15, 0.2) is 0 Å². The number of furan rings is 1. The third kappa shape index (κ3) is 5.00. The summed E-state index contributed by atoms with van der Waals surface area (Å²) in [7, 11) is 0. The SMILES string of the molecule is Cc1cc(OCc2ccc(CCCN3CCOCC3)o2)ccc1Cl. The van der Waals surface area contributed by atoms with Gasteiger partial charge in [-0.3, -0.25) is 4.90 Å². The molecular formula is C19H24ClNO3. The third-order valence-corrected chi connectivity index (χ3v) is 4.65. The van der Waals surface area contributed by atoms with E-state index in [1.807, 2.05) is 37.3 Å². The van der Waals surface area contributed by atoms with Crippen LogP contribution in [0.25, 0.3) is 0 Å². The van der Waals surface area contributed by atoms with E-state index in [2.05, 4.69) is 4.90 Å². The van der Waals surface area contributed by atoms with Crippen molar-refractivity contribution in [1.82, 2.24) is 4.90 Å². The maximum absolute atomic E-state index is 6.02. The van der Waals surface area contributed by atoms with E-state index in [1.54, 1.807) is 0 Å². The molecule has 1 aliphatic heterocycles. The van der Waals surface area contributed by atoms with Crippen LogP contribution in [0.4, 0.5) is 0 Å². The maximum atomic E-state index is 6.02. The molecule has 0 N–H and O–H groups in total. The molecule has 0 aliphatic carbocycles. The van der Waals surface area contributed by atoms with Crippen molar-refractivity contribution in [3.8, 4) is 5.75 Å². The summed E-state index contributed by atoms with van der Waals surface area (Å²) in [5.74, 6) is 2.68. The van der Waals surface area contributed by atoms with E-state index in [0.29, 0.717) is 6.61 Å². The van der Waals surface area contributed by atoms with Gasteiger partial charge in [-0.1, -0.05) is 11.6 Å². The highest BCUT2D eigenvalue weighted by Crippen LogP contribution is 2.22. The molecule has 5 heteroatoms. The third-order valence-electron chi connectivity index (χ3n) is 4.23. The van der Waals surface area contributed by atoms with Gasteiger partial charge in [-0.2, -0.15) is 0 Å². The summed E-state index contributed by atoms with van der Waals surface area (Å²) >= 11 is 6.02. The van der Waals surface area contributed by atoms with Crippen LogP contribution >= 0.6 is 11.6 Å². The van der Waals surface area contributed by atoms with Crippen molar-refractivity contribution in [3.05, 3.63) is 52.4 Å². The van der Waals surface area contributed by atoms with Crippen LogP contribution in [0.3, 0.4) is 0 Å². The molecule has 4 nitrogen and oxygen atoms in total. The number of hydrogen-bond acceptors (Lipinski definition) is 4. The van der Waals surface area contributed by atoms with Crippen LogP contribution in [0.2, 0.25) is 5.02 Å². The zero-order valence-electron chi connectivity index (χ0n) is 14.1. The summed E-state index contributed by atoms with van der Waals surface area (Å²) in [5, 5.41) is 0.753. The minimum atomic E-state index is 0.435. The number of rotatable bonds is 7. The zero-order valence-corrected chi connectivity index (χ0v) is 14.8. The highest BCUT2D eigenvalue weighted by molar-refractivity contribution is 6.31. The molecule has 24 heavy (non-hydrogen) atoms. The highest BCUT2D eigenvalue weighted by atomic mass is 35.5. The Morgan fingerprint density at radius 1 is 1.12 bits per heavy atom. The van der Waals surface area contributed by atoms with Crippen LogP contribution in [0.1, 0.15) is 23.5 Å². The molecule has 0 bridgehead atoms. The summed E-state index contributed by atoms with van der Waals surface area (Å²) in [5.41, 5.74) is 1.01. The fourth-order valence-electron chi connectivity index (χ4n) is 2.80. The molecule has 0 saturated carbocycles. The second-order valence-corrected chi connectivity index (χ2v) is 6.53. The lowest BCUT2D eigenvalue weighted by Crippen LogP contribution is -2.36. The van der Waals surface area contributed by atoms with Crippen LogP contribution in [0, 0.1) is 6.92 Å². The Morgan fingerprint density at radius 3 is 2.71 bits per heavy atom. The van der Waals surface area contributed by atoms with Crippen molar-refractivity contribution in [1.29, 1.82) is 0 Å². The molecular weight excluding hydrogens is 326 g/mol. The molecule has 0 spiro atoms. The van der Waals surface area contributed by atoms with Crippen LogP contribution in [0.15, 0.2) is 34.7 Å². The van der Waals surface area contributed by atoms with Gasteiger partial charge in [0.25, 0.3) is 0 Å². The number of morpholine rings is 1. The van der Waals surface area contributed by atoms with Crippen LogP contribution in [0.5, 0.6) is 5.75 Å². The number of halogens is 1. The first-order valence-corrected chi connectivity index (χ1v) is 8.85. The lowest BCUT2D eigenvalue weighted by molar-refractivity contribution is 0.0373. The van der Waals surface area contributed by atoms with E-state index >= 15 is 0 Å². The van der Waals surface area contributed by atoms with Crippen molar-refractivity contribution < 1.29 is 13.9 Å². The second kappa shape index (κ2) is 8.56. The Hall–Kier alpha value is -1.49. The maximum Gasteiger partial charge on any atom is 0.146 e. The molecule has 2 heterocycles. The molecule has 2 aromatic rings. The zero-order chi connectivity index (χ0) is 16.8. The van der Waals surface area contributed by atoms with Crippen LogP contribution in [-0.2, 0) is 17.8 Å². The monoisotopic (exact) mass is 349 g/mol. The Bertz CT molecular complexity index is 650. The van der Waals surface area contributed by atoms with Gasteiger partial charge in [0.05, 0.1) is 13.2 Å². The largest absolute Gasteiger partial charge is 0.486 e. The predicted octanol–water partition coefficient (Wildman–Crippen LogP) is 4.09. The predicted molar refractivity (Wildman–Crippen MR) is 94.8 cm³/mol. The van der Waals surface area contributed by atoms with Gasteiger partial charge in [0, 0.05) is 24.5 Å². The average Bonchev–Trinajstić information content (AvgIpc) is 3.05. The molecule has 0 radical (unpaired) electrons. The van der Waals surface area contributed by atoms with Gasteiger partial charge >= 0.3 is 0 Å². The molecule has 1 saturated heterocycles. The standard InChI is InChI=1S/C19H24ClNO3/c1-15-13-17(6-7-19(15)20)23-14-18-5-4-16(24-18)3-2-8-21-9-11-22-12-10-21/h4-7,13H,2-3,8-12,14H2,1H3. The van der Waals surface area contributed by atoms with Gasteiger partial charge in [0.1, 0.15) is 23.9 Å². The molecule has 3 rings (SSSR count). The molecule has 1 aromatic carbocycles. The first kappa shape index (κ1) is 17.3. The van der Waals surface area contributed by atoms with E-state index in [0.717, 1.165) is 73.5 Å². The average molecular weight is 350 g/mol. The highest BCUT2D eigenvalue weighted by Gasteiger charge is 2.10. The summed E-state index contributed by atoms with van der Waals surface area (Å²) in [6.45, 7) is 7.29. The van der Waals surface area contributed by atoms with Gasteiger partial charge in [-0.15, -0.1) is 0 Å². The van der Waals surface area contributed by atoms with Gasteiger partial charge in [-0.05, 0) is 55.8 Å². The van der Waals surface area contributed by atoms with E-state index in [9.17, 15) is 0 Å².